The van der Waals surface area contributed by atoms with E-state index >= 15 is 0 Å². The second kappa shape index (κ2) is 4.05. The lowest BCUT2D eigenvalue weighted by atomic mass is 10.0. The first-order valence-corrected chi connectivity index (χ1v) is 4.53. The Kier molecular flexibility index (Phi) is 3.21. The summed E-state index contributed by atoms with van der Waals surface area (Å²) in [6.07, 6.45) is -2.02. The Bertz CT molecular complexity index is 291. The number of aliphatic hydroxyl groups excluding tert-OH is 1. The molecule has 0 radical (unpaired) electrons. The van der Waals surface area contributed by atoms with Crippen molar-refractivity contribution >= 4 is 0 Å². The van der Waals surface area contributed by atoms with E-state index in [-0.39, 0.29) is 0 Å². The second-order valence-corrected chi connectivity index (χ2v) is 3.60. The monoisotopic (exact) mass is 200 g/mol. The maximum absolute atomic E-state index is 13.1. The normalized spacial score (nSPS) is 14.1. The molecule has 0 amide bonds. The summed E-state index contributed by atoms with van der Waals surface area (Å²) in [6.45, 7) is 3.00. The van der Waals surface area contributed by atoms with Crippen molar-refractivity contribution in [3.63, 3.8) is 0 Å². The molecule has 0 spiro atoms. The smallest absolute Gasteiger partial charge is 0.277 e. The van der Waals surface area contributed by atoms with Crippen LogP contribution in [-0.4, -0.2) is 17.1 Å². The van der Waals surface area contributed by atoms with Gasteiger partial charge in [-0.1, -0.05) is 29.8 Å². The minimum absolute atomic E-state index is 0.412. The molecule has 1 rings (SSSR count). The standard InChI is InChI=1S/C11H14F2O/c1-8-3-5-10(6-4-8)7-11(12,13)9(2)14/h3-6,9,14H,7H2,1-2H3. The van der Waals surface area contributed by atoms with Gasteiger partial charge in [-0.05, 0) is 19.4 Å². The summed E-state index contributed by atoms with van der Waals surface area (Å²) in [5.74, 6) is -3.05. The van der Waals surface area contributed by atoms with Gasteiger partial charge in [0.1, 0.15) is 6.10 Å². The number of aliphatic hydroxyl groups is 1. The van der Waals surface area contributed by atoms with Gasteiger partial charge < -0.3 is 5.11 Å². The molecule has 0 aromatic heterocycles. The summed E-state index contributed by atoms with van der Waals surface area (Å²) in [5.41, 5.74) is 1.58. The van der Waals surface area contributed by atoms with E-state index in [2.05, 4.69) is 0 Å². The first-order chi connectivity index (χ1) is 6.42. The largest absolute Gasteiger partial charge is 0.387 e. The third-order valence-corrected chi connectivity index (χ3v) is 2.17. The van der Waals surface area contributed by atoms with Crippen LogP contribution in [0.4, 0.5) is 8.78 Å². The van der Waals surface area contributed by atoms with Gasteiger partial charge in [-0.2, -0.15) is 0 Å². The Morgan fingerprint density at radius 1 is 1.29 bits per heavy atom. The van der Waals surface area contributed by atoms with E-state index in [4.69, 9.17) is 5.11 Å². The average Bonchev–Trinajstić information content (AvgIpc) is 2.08. The van der Waals surface area contributed by atoms with Crippen LogP contribution in [0, 0.1) is 6.92 Å². The van der Waals surface area contributed by atoms with Crippen LogP contribution >= 0.6 is 0 Å². The van der Waals surface area contributed by atoms with E-state index in [1.807, 2.05) is 6.92 Å². The molecule has 1 aromatic carbocycles. The highest BCUT2D eigenvalue weighted by Gasteiger charge is 2.35. The summed E-state index contributed by atoms with van der Waals surface area (Å²) in [4.78, 5) is 0. The zero-order chi connectivity index (χ0) is 10.8. The molecule has 0 bridgehead atoms. The lowest BCUT2D eigenvalue weighted by molar-refractivity contribution is -0.0982. The molecule has 1 nitrogen and oxygen atoms in total. The molecule has 78 valence electrons. The molecular weight excluding hydrogens is 186 g/mol. The minimum Gasteiger partial charge on any atom is -0.387 e. The minimum atomic E-state index is -3.05. The van der Waals surface area contributed by atoms with Crippen LogP contribution in [0.15, 0.2) is 24.3 Å². The number of halogens is 2. The SMILES string of the molecule is Cc1ccc(CC(F)(F)C(C)O)cc1. The van der Waals surface area contributed by atoms with Crippen molar-refractivity contribution in [2.45, 2.75) is 32.3 Å². The van der Waals surface area contributed by atoms with Crippen LogP contribution < -0.4 is 0 Å². The van der Waals surface area contributed by atoms with E-state index in [9.17, 15) is 8.78 Å². The van der Waals surface area contributed by atoms with Crippen molar-refractivity contribution in [1.82, 2.24) is 0 Å². The van der Waals surface area contributed by atoms with Crippen LogP contribution in [0.5, 0.6) is 0 Å². The summed E-state index contributed by atoms with van der Waals surface area (Å²) in [5, 5.41) is 8.85. The molecule has 1 aromatic rings. The summed E-state index contributed by atoms with van der Waals surface area (Å²) >= 11 is 0. The molecule has 0 aliphatic carbocycles. The van der Waals surface area contributed by atoms with E-state index in [0.29, 0.717) is 5.56 Å². The van der Waals surface area contributed by atoms with E-state index in [1.54, 1.807) is 24.3 Å². The Hall–Kier alpha value is -0.960. The molecule has 0 fully saturated rings. The maximum atomic E-state index is 13.1. The van der Waals surface area contributed by atoms with E-state index in [0.717, 1.165) is 12.5 Å². The number of hydrogen-bond donors (Lipinski definition) is 1. The second-order valence-electron chi connectivity index (χ2n) is 3.60. The van der Waals surface area contributed by atoms with Crippen LogP contribution in [0.2, 0.25) is 0 Å². The Labute approximate surface area is 82.4 Å². The molecule has 0 aliphatic rings. The number of hydrogen-bond acceptors (Lipinski definition) is 1. The van der Waals surface area contributed by atoms with Gasteiger partial charge in [-0.15, -0.1) is 0 Å². The highest BCUT2D eigenvalue weighted by Crippen LogP contribution is 2.24. The lowest BCUT2D eigenvalue weighted by Crippen LogP contribution is -2.33. The Morgan fingerprint density at radius 2 is 1.79 bits per heavy atom. The summed E-state index contributed by atoms with van der Waals surface area (Å²) in [7, 11) is 0. The number of benzene rings is 1. The molecule has 1 atom stereocenters. The number of aryl methyl sites for hydroxylation is 1. The third kappa shape index (κ3) is 2.77. The van der Waals surface area contributed by atoms with Crippen molar-refractivity contribution in [3.05, 3.63) is 35.4 Å². The van der Waals surface area contributed by atoms with E-state index in [1.165, 1.54) is 0 Å². The van der Waals surface area contributed by atoms with Crippen molar-refractivity contribution < 1.29 is 13.9 Å². The van der Waals surface area contributed by atoms with Gasteiger partial charge in [0.05, 0.1) is 0 Å². The molecule has 0 aliphatic heterocycles. The maximum Gasteiger partial charge on any atom is 0.277 e. The topological polar surface area (TPSA) is 20.2 Å². The van der Waals surface area contributed by atoms with Gasteiger partial charge in [0.15, 0.2) is 0 Å². The number of rotatable bonds is 3. The van der Waals surface area contributed by atoms with Crippen LogP contribution in [0.1, 0.15) is 18.1 Å². The van der Waals surface area contributed by atoms with Gasteiger partial charge in [-0.3, -0.25) is 0 Å². The molecule has 1 N–H and O–H groups in total. The summed E-state index contributed by atoms with van der Waals surface area (Å²) < 4.78 is 26.2. The van der Waals surface area contributed by atoms with Crippen LogP contribution in [0.3, 0.4) is 0 Å². The van der Waals surface area contributed by atoms with Crippen molar-refractivity contribution in [2.24, 2.45) is 0 Å². The molecule has 0 saturated carbocycles. The van der Waals surface area contributed by atoms with Crippen molar-refractivity contribution in [3.8, 4) is 0 Å². The zero-order valence-electron chi connectivity index (χ0n) is 8.30. The third-order valence-electron chi connectivity index (χ3n) is 2.17. The Balaban J connectivity index is 2.74. The fourth-order valence-corrected chi connectivity index (χ4v) is 1.13. The highest BCUT2D eigenvalue weighted by molar-refractivity contribution is 5.22. The average molecular weight is 200 g/mol. The van der Waals surface area contributed by atoms with Gasteiger partial charge in [-0.25, -0.2) is 8.78 Å². The first kappa shape index (κ1) is 11.1. The molecule has 3 heteroatoms. The van der Waals surface area contributed by atoms with Crippen molar-refractivity contribution in [2.75, 3.05) is 0 Å². The predicted molar refractivity (Wildman–Crippen MR) is 51.5 cm³/mol. The Morgan fingerprint density at radius 3 is 2.21 bits per heavy atom. The van der Waals surface area contributed by atoms with E-state index < -0.39 is 18.4 Å². The zero-order valence-corrected chi connectivity index (χ0v) is 8.30. The van der Waals surface area contributed by atoms with Gasteiger partial charge in [0.25, 0.3) is 5.92 Å². The highest BCUT2D eigenvalue weighted by atomic mass is 19.3. The summed E-state index contributed by atoms with van der Waals surface area (Å²) in [6, 6.07) is 6.89. The molecule has 14 heavy (non-hydrogen) atoms. The molecule has 0 saturated heterocycles. The molecular formula is C11H14F2O. The fraction of sp³-hybridized carbons (Fsp3) is 0.455. The van der Waals surface area contributed by atoms with Gasteiger partial charge >= 0.3 is 0 Å². The van der Waals surface area contributed by atoms with Crippen LogP contribution in [0.25, 0.3) is 0 Å². The molecule has 0 heterocycles. The number of alkyl halides is 2. The van der Waals surface area contributed by atoms with Crippen molar-refractivity contribution in [1.29, 1.82) is 0 Å². The van der Waals surface area contributed by atoms with Gasteiger partial charge in [0, 0.05) is 6.42 Å². The lowest BCUT2D eigenvalue weighted by Gasteiger charge is -2.19. The quantitative estimate of drug-likeness (QED) is 0.795. The first-order valence-electron chi connectivity index (χ1n) is 4.53. The van der Waals surface area contributed by atoms with Gasteiger partial charge in [0.2, 0.25) is 0 Å². The predicted octanol–water partition coefficient (Wildman–Crippen LogP) is 2.55. The fourth-order valence-electron chi connectivity index (χ4n) is 1.13. The molecule has 1 unspecified atom stereocenters. The van der Waals surface area contributed by atoms with Crippen LogP contribution in [-0.2, 0) is 6.42 Å².